The summed E-state index contributed by atoms with van der Waals surface area (Å²) in [5.41, 5.74) is 0. The predicted octanol–water partition coefficient (Wildman–Crippen LogP) is 19.6. The first-order valence-corrected chi connectivity index (χ1v) is 29.3. The Morgan fingerprint density at radius 3 is 0.926 bits per heavy atom. The molecule has 0 spiro atoms. The third kappa shape index (κ3) is 54.1. The predicted molar refractivity (Wildman–Crippen MR) is 293 cm³/mol. The molecule has 0 rings (SSSR count). The summed E-state index contributed by atoms with van der Waals surface area (Å²) in [5.74, 6) is -0.909. The van der Waals surface area contributed by atoms with Gasteiger partial charge in [-0.15, -0.1) is 0 Å². The number of unbranched alkanes of at least 4 members (excludes halogenated alkanes) is 32. The van der Waals surface area contributed by atoms with E-state index in [1.54, 1.807) is 0 Å². The van der Waals surface area contributed by atoms with Crippen LogP contribution in [0, 0.1) is 0 Å². The van der Waals surface area contributed by atoms with E-state index in [2.05, 4.69) is 81.5 Å². The minimum atomic E-state index is -0.791. The van der Waals surface area contributed by atoms with Crippen LogP contribution in [0.4, 0.5) is 0 Å². The Balaban J connectivity index is 4.40. The third-order valence-corrected chi connectivity index (χ3v) is 12.8. The van der Waals surface area contributed by atoms with Crippen LogP contribution in [0.3, 0.4) is 0 Å². The molecule has 0 bridgehead atoms. The summed E-state index contributed by atoms with van der Waals surface area (Å²) in [6.45, 7) is 6.53. The minimum absolute atomic E-state index is 0.0858. The Morgan fingerprint density at radius 1 is 0.309 bits per heavy atom. The highest BCUT2D eigenvalue weighted by molar-refractivity contribution is 5.71. The van der Waals surface area contributed by atoms with Crippen molar-refractivity contribution in [3.05, 3.63) is 60.8 Å². The Hall–Kier alpha value is -2.89. The lowest BCUT2D eigenvalue weighted by molar-refractivity contribution is -0.167. The minimum Gasteiger partial charge on any atom is -0.462 e. The van der Waals surface area contributed by atoms with Gasteiger partial charge in [-0.1, -0.05) is 255 Å². The van der Waals surface area contributed by atoms with Crippen LogP contribution in [0.2, 0.25) is 0 Å². The second-order valence-corrected chi connectivity index (χ2v) is 19.5. The molecule has 0 aliphatic rings. The van der Waals surface area contributed by atoms with E-state index in [0.29, 0.717) is 19.3 Å². The first-order valence-electron chi connectivity index (χ1n) is 29.3. The molecule has 0 radical (unpaired) electrons. The second kappa shape index (κ2) is 56.7. The Labute approximate surface area is 421 Å². The summed E-state index contributed by atoms with van der Waals surface area (Å²) in [4.78, 5) is 38.2. The van der Waals surface area contributed by atoms with Crippen molar-refractivity contribution in [3.63, 3.8) is 0 Å². The number of allylic oxidation sites excluding steroid dienone is 10. The van der Waals surface area contributed by atoms with Crippen LogP contribution in [0.1, 0.15) is 297 Å². The summed E-state index contributed by atoms with van der Waals surface area (Å²) in [7, 11) is 0. The van der Waals surface area contributed by atoms with Crippen LogP contribution in [0.5, 0.6) is 0 Å². The molecule has 1 unspecified atom stereocenters. The Bertz CT molecular complexity index is 1230. The molecular weight excluding hydrogens is 841 g/mol. The number of hydrogen-bond donors (Lipinski definition) is 0. The van der Waals surface area contributed by atoms with Crippen molar-refractivity contribution in [1.29, 1.82) is 0 Å². The quantitative estimate of drug-likeness (QED) is 0.0262. The van der Waals surface area contributed by atoms with Gasteiger partial charge >= 0.3 is 17.9 Å². The van der Waals surface area contributed by atoms with Crippen molar-refractivity contribution in [1.82, 2.24) is 0 Å². The maximum Gasteiger partial charge on any atom is 0.306 e. The molecule has 0 saturated carbocycles. The molecule has 1 atom stereocenters. The van der Waals surface area contributed by atoms with Gasteiger partial charge in [0.05, 0.1) is 0 Å². The maximum atomic E-state index is 12.8. The fraction of sp³-hybridized carbons (Fsp3) is 0.790. The van der Waals surface area contributed by atoms with Gasteiger partial charge in [0.25, 0.3) is 0 Å². The summed E-state index contributed by atoms with van der Waals surface area (Å²) < 4.78 is 16.9. The van der Waals surface area contributed by atoms with Crippen LogP contribution in [-0.4, -0.2) is 37.2 Å². The molecule has 0 aromatic carbocycles. The van der Waals surface area contributed by atoms with Crippen LogP contribution in [-0.2, 0) is 28.6 Å². The number of ether oxygens (including phenoxy) is 3. The van der Waals surface area contributed by atoms with Crippen LogP contribution < -0.4 is 0 Å². The van der Waals surface area contributed by atoms with Crippen LogP contribution >= 0.6 is 0 Å². The van der Waals surface area contributed by atoms with E-state index in [1.807, 2.05) is 0 Å². The standard InChI is InChI=1S/C62H110O6/c1-4-7-10-13-16-19-22-25-28-30-31-32-35-37-40-43-46-49-52-55-61(64)67-58-59(57-66-60(63)54-51-48-45-42-39-36-33-27-24-21-18-15-12-9-6-3)68-62(65)56-53-50-47-44-41-38-34-29-26-23-20-17-14-11-8-5-2/h8,11,17,20,26,29-31,38,41,59H,4-7,9-10,12-16,18-19,21-25,27-28,32-37,39-40,42-58H2,1-3H3/b11-8-,20-17-,29-26-,31-30-,41-38-. The molecule has 394 valence electrons. The fourth-order valence-electron chi connectivity index (χ4n) is 8.37. The number of esters is 3. The lowest BCUT2D eigenvalue weighted by Gasteiger charge is -2.18. The van der Waals surface area contributed by atoms with Gasteiger partial charge in [-0.05, 0) is 83.5 Å². The van der Waals surface area contributed by atoms with Crippen molar-refractivity contribution in [2.24, 2.45) is 0 Å². The number of rotatable bonds is 53. The van der Waals surface area contributed by atoms with Gasteiger partial charge in [0, 0.05) is 19.3 Å². The van der Waals surface area contributed by atoms with E-state index >= 15 is 0 Å². The van der Waals surface area contributed by atoms with Gasteiger partial charge in [0.2, 0.25) is 0 Å². The fourth-order valence-corrected chi connectivity index (χ4v) is 8.37. The van der Waals surface area contributed by atoms with Gasteiger partial charge in [-0.25, -0.2) is 0 Å². The van der Waals surface area contributed by atoms with Crippen molar-refractivity contribution >= 4 is 17.9 Å². The first kappa shape index (κ1) is 65.1. The van der Waals surface area contributed by atoms with E-state index < -0.39 is 6.10 Å². The Morgan fingerprint density at radius 2 is 0.574 bits per heavy atom. The molecule has 0 N–H and O–H groups in total. The number of carbonyl (C=O) groups excluding carboxylic acids is 3. The van der Waals surface area contributed by atoms with Crippen molar-refractivity contribution in [3.8, 4) is 0 Å². The van der Waals surface area contributed by atoms with Gasteiger partial charge in [-0.2, -0.15) is 0 Å². The molecule has 0 aliphatic heterocycles. The van der Waals surface area contributed by atoms with Gasteiger partial charge < -0.3 is 14.2 Å². The number of hydrogen-bond acceptors (Lipinski definition) is 6. The molecule has 0 aromatic heterocycles. The molecular formula is C62H110O6. The molecule has 0 aromatic rings. The van der Waals surface area contributed by atoms with E-state index in [0.717, 1.165) is 89.9 Å². The lowest BCUT2D eigenvalue weighted by atomic mass is 10.0. The molecule has 0 aliphatic carbocycles. The summed E-state index contributed by atoms with van der Waals surface area (Å²) >= 11 is 0. The highest BCUT2D eigenvalue weighted by atomic mass is 16.6. The zero-order chi connectivity index (χ0) is 49.3. The highest BCUT2D eigenvalue weighted by Gasteiger charge is 2.19. The molecule has 68 heavy (non-hydrogen) atoms. The van der Waals surface area contributed by atoms with E-state index in [1.165, 1.54) is 167 Å². The van der Waals surface area contributed by atoms with E-state index in [4.69, 9.17) is 14.2 Å². The molecule has 6 heteroatoms. The van der Waals surface area contributed by atoms with Gasteiger partial charge in [0.15, 0.2) is 6.10 Å². The average Bonchev–Trinajstić information content (AvgIpc) is 3.34. The zero-order valence-corrected chi connectivity index (χ0v) is 45.1. The van der Waals surface area contributed by atoms with Crippen molar-refractivity contribution in [2.75, 3.05) is 13.2 Å². The molecule has 0 saturated heterocycles. The topological polar surface area (TPSA) is 78.9 Å². The van der Waals surface area contributed by atoms with Crippen LogP contribution in [0.15, 0.2) is 60.8 Å². The zero-order valence-electron chi connectivity index (χ0n) is 45.1. The van der Waals surface area contributed by atoms with Crippen molar-refractivity contribution in [2.45, 2.75) is 303 Å². The SMILES string of the molecule is CC/C=C\C/C=C\C/C=C\C/C=C\CCCCCC(=O)OC(COC(=O)CCCCCCCCC/C=C\CCCCCCCCCC)COC(=O)CCCCCCCCCCCCCCCCC. The van der Waals surface area contributed by atoms with Crippen molar-refractivity contribution < 1.29 is 28.6 Å². The van der Waals surface area contributed by atoms with Crippen LogP contribution in [0.25, 0.3) is 0 Å². The normalized spacial score (nSPS) is 12.5. The van der Waals surface area contributed by atoms with Gasteiger partial charge in [0.1, 0.15) is 13.2 Å². The monoisotopic (exact) mass is 951 g/mol. The maximum absolute atomic E-state index is 12.8. The lowest BCUT2D eigenvalue weighted by Crippen LogP contribution is -2.30. The summed E-state index contributed by atoms with van der Waals surface area (Å²) in [5, 5.41) is 0. The van der Waals surface area contributed by atoms with E-state index in [-0.39, 0.29) is 31.1 Å². The summed E-state index contributed by atoms with van der Waals surface area (Å²) in [6, 6.07) is 0. The smallest absolute Gasteiger partial charge is 0.306 e. The first-order chi connectivity index (χ1) is 33.5. The third-order valence-electron chi connectivity index (χ3n) is 12.8. The highest BCUT2D eigenvalue weighted by Crippen LogP contribution is 2.16. The van der Waals surface area contributed by atoms with E-state index in [9.17, 15) is 14.4 Å². The molecule has 0 heterocycles. The average molecular weight is 952 g/mol. The number of carbonyl (C=O) groups is 3. The van der Waals surface area contributed by atoms with Gasteiger partial charge in [-0.3, -0.25) is 14.4 Å². The summed E-state index contributed by atoms with van der Waals surface area (Å²) in [6.07, 6.45) is 70.7. The molecule has 0 fully saturated rings. The Kier molecular flexibility index (Phi) is 54.3. The second-order valence-electron chi connectivity index (χ2n) is 19.5. The largest absolute Gasteiger partial charge is 0.462 e. The molecule has 6 nitrogen and oxygen atoms in total. The molecule has 0 amide bonds.